The van der Waals surface area contributed by atoms with Gasteiger partial charge in [-0.25, -0.2) is 0 Å². The normalized spacial score (nSPS) is 13.4. The highest BCUT2D eigenvalue weighted by atomic mass is 19.3. The molecule has 0 amide bonds. The van der Waals surface area contributed by atoms with E-state index in [2.05, 4.69) is 5.32 Å². The maximum atomic E-state index is 14.0. The van der Waals surface area contributed by atoms with E-state index in [-0.39, 0.29) is 12.4 Å². The molecule has 0 fully saturated rings. The van der Waals surface area contributed by atoms with Gasteiger partial charge >= 0.3 is 0 Å². The van der Waals surface area contributed by atoms with Crippen molar-refractivity contribution in [2.45, 2.75) is 12.5 Å². The zero-order valence-corrected chi connectivity index (χ0v) is 11.3. The minimum atomic E-state index is -2.91. The summed E-state index contributed by atoms with van der Waals surface area (Å²) in [5.74, 6) is -1.62. The molecule has 21 heavy (non-hydrogen) atoms. The molecule has 3 rings (SSSR count). The van der Waals surface area contributed by atoms with Crippen molar-refractivity contribution in [3.8, 4) is 11.5 Å². The molecule has 2 aromatic carbocycles. The molecule has 0 atom stereocenters. The SMILES string of the molecule is FC(F)(CNCc1cccc2c1OCO2)c1ccccc1. The van der Waals surface area contributed by atoms with Crippen molar-refractivity contribution in [3.63, 3.8) is 0 Å². The van der Waals surface area contributed by atoms with Crippen molar-refractivity contribution in [3.05, 3.63) is 59.7 Å². The highest BCUT2D eigenvalue weighted by molar-refractivity contribution is 5.48. The zero-order valence-electron chi connectivity index (χ0n) is 11.3. The second-order valence-electron chi connectivity index (χ2n) is 4.82. The molecule has 0 saturated heterocycles. The van der Waals surface area contributed by atoms with Gasteiger partial charge in [0.2, 0.25) is 6.79 Å². The lowest BCUT2D eigenvalue weighted by molar-refractivity contribution is -0.00348. The molecule has 0 aliphatic carbocycles. The van der Waals surface area contributed by atoms with Crippen molar-refractivity contribution in [2.75, 3.05) is 13.3 Å². The average Bonchev–Trinajstić information content (AvgIpc) is 2.97. The van der Waals surface area contributed by atoms with Crippen LogP contribution in [0.4, 0.5) is 8.78 Å². The van der Waals surface area contributed by atoms with Gasteiger partial charge in [0.25, 0.3) is 5.92 Å². The minimum absolute atomic E-state index is 0.00961. The van der Waals surface area contributed by atoms with Gasteiger partial charge in [0.05, 0.1) is 6.54 Å². The molecule has 0 bridgehead atoms. The lowest BCUT2D eigenvalue weighted by atomic mass is 10.1. The first-order valence-corrected chi connectivity index (χ1v) is 6.68. The van der Waals surface area contributed by atoms with E-state index in [9.17, 15) is 8.78 Å². The maximum Gasteiger partial charge on any atom is 0.285 e. The van der Waals surface area contributed by atoms with E-state index >= 15 is 0 Å². The van der Waals surface area contributed by atoms with Crippen LogP contribution in [0.1, 0.15) is 11.1 Å². The second kappa shape index (κ2) is 5.69. The summed E-state index contributed by atoms with van der Waals surface area (Å²) in [4.78, 5) is 0. The van der Waals surface area contributed by atoms with E-state index < -0.39 is 12.5 Å². The number of nitrogens with one attached hydrogen (secondary N) is 1. The molecule has 110 valence electrons. The molecule has 1 aliphatic rings. The molecule has 1 aliphatic heterocycles. The molecule has 0 unspecified atom stereocenters. The van der Waals surface area contributed by atoms with Gasteiger partial charge in [-0.2, -0.15) is 8.78 Å². The van der Waals surface area contributed by atoms with Gasteiger partial charge in [-0.15, -0.1) is 0 Å². The van der Waals surface area contributed by atoms with E-state index in [1.807, 2.05) is 12.1 Å². The molecule has 1 heterocycles. The van der Waals surface area contributed by atoms with Gasteiger partial charge in [0.1, 0.15) is 0 Å². The lowest BCUT2D eigenvalue weighted by Gasteiger charge is -2.17. The number of alkyl halides is 2. The Bertz CT molecular complexity index is 617. The van der Waals surface area contributed by atoms with Crippen molar-refractivity contribution in [1.82, 2.24) is 5.32 Å². The second-order valence-corrected chi connectivity index (χ2v) is 4.82. The van der Waals surface area contributed by atoms with Crippen LogP contribution in [0.15, 0.2) is 48.5 Å². The third-order valence-electron chi connectivity index (χ3n) is 3.34. The van der Waals surface area contributed by atoms with Gasteiger partial charge in [-0.05, 0) is 6.07 Å². The number of benzene rings is 2. The smallest absolute Gasteiger partial charge is 0.285 e. The zero-order chi connectivity index (χ0) is 14.7. The Labute approximate surface area is 121 Å². The van der Waals surface area contributed by atoms with Crippen molar-refractivity contribution < 1.29 is 18.3 Å². The number of rotatable bonds is 5. The van der Waals surface area contributed by atoms with Crippen LogP contribution < -0.4 is 14.8 Å². The third kappa shape index (κ3) is 2.97. The Hall–Kier alpha value is -2.14. The van der Waals surface area contributed by atoms with E-state index in [0.717, 1.165) is 5.56 Å². The lowest BCUT2D eigenvalue weighted by Crippen LogP contribution is -2.30. The van der Waals surface area contributed by atoms with Crippen LogP contribution in [0, 0.1) is 0 Å². The van der Waals surface area contributed by atoms with Crippen LogP contribution in [0.5, 0.6) is 11.5 Å². The predicted molar refractivity (Wildman–Crippen MR) is 74.6 cm³/mol. The molecular formula is C16H15F2NO2. The van der Waals surface area contributed by atoms with Crippen molar-refractivity contribution >= 4 is 0 Å². The summed E-state index contributed by atoms with van der Waals surface area (Å²) in [7, 11) is 0. The Morgan fingerprint density at radius 1 is 1.00 bits per heavy atom. The average molecular weight is 291 g/mol. The molecular weight excluding hydrogens is 276 g/mol. The van der Waals surface area contributed by atoms with E-state index in [0.29, 0.717) is 18.0 Å². The number of fused-ring (bicyclic) bond motifs is 1. The van der Waals surface area contributed by atoms with E-state index in [4.69, 9.17) is 9.47 Å². The molecule has 0 saturated carbocycles. The maximum absolute atomic E-state index is 14.0. The molecule has 2 aromatic rings. The highest BCUT2D eigenvalue weighted by Crippen LogP contribution is 2.35. The Morgan fingerprint density at radius 2 is 1.81 bits per heavy atom. The van der Waals surface area contributed by atoms with Gasteiger partial charge in [-0.3, -0.25) is 0 Å². The first kappa shape index (κ1) is 13.8. The highest BCUT2D eigenvalue weighted by Gasteiger charge is 2.30. The van der Waals surface area contributed by atoms with Gasteiger partial charge < -0.3 is 14.8 Å². The molecule has 0 radical (unpaired) electrons. The molecule has 0 aromatic heterocycles. The van der Waals surface area contributed by atoms with Crippen LogP contribution >= 0.6 is 0 Å². The Balaban J connectivity index is 1.63. The van der Waals surface area contributed by atoms with Crippen LogP contribution in [-0.4, -0.2) is 13.3 Å². The molecule has 5 heteroatoms. The summed E-state index contributed by atoms with van der Waals surface area (Å²) < 4.78 is 38.6. The van der Waals surface area contributed by atoms with Crippen molar-refractivity contribution in [1.29, 1.82) is 0 Å². The van der Waals surface area contributed by atoms with Crippen LogP contribution in [0.25, 0.3) is 0 Å². The van der Waals surface area contributed by atoms with Crippen molar-refractivity contribution in [2.24, 2.45) is 0 Å². The molecule has 1 N–H and O–H groups in total. The monoisotopic (exact) mass is 291 g/mol. The number of para-hydroxylation sites is 1. The van der Waals surface area contributed by atoms with Gasteiger partial charge in [0.15, 0.2) is 11.5 Å². The summed E-state index contributed by atoms with van der Waals surface area (Å²) in [6.07, 6.45) is 0. The fourth-order valence-electron chi connectivity index (χ4n) is 2.27. The van der Waals surface area contributed by atoms with Crippen LogP contribution in [0.2, 0.25) is 0 Å². The van der Waals surface area contributed by atoms with Gasteiger partial charge in [-0.1, -0.05) is 42.5 Å². The Morgan fingerprint density at radius 3 is 2.62 bits per heavy atom. The molecule has 0 spiro atoms. The first-order chi connectivity index (χ1) is 10.2. The summed E-state index contributed by atoms with van der Waals surface area (Å²) in [6, 6.07) is 13.2. The standard InChI is InChI=1S/C16H15F2NO2/c17-16(18,13-6-2-1-3-7-13)10-19-9-12-5-4-8-14-15(12)21-11-20-14/h1-8,19H,9-11H2. The predicted octanol–water partition coefficient (Wildman–Crippen LogP) is 3.30. The fraction of sp³-hybridized carbons (Fsp3) is 0.250. The number of hydrogen-bond donors (Lipinski definition) is 1. The quantitative estimate of drug-likeness (QED) is 0.917. The fourth-order valence-corrected chi connectivity index (χ4v) is 2.27. The Kier molecular flexibility index (Phi) is 3.75. The van der Waals surface area contributed by atoms with Crippen LogP contribution in [0.3, 0.4) is 0 Å². The number of ether oxygens (including phenoxy) is 2. The van der Waals surface area contributed by atoms with Crippen LogP contribution in [-0.2, 0) is 12.5 Å². The first-order valence-electron chi connectivity index (χ1n) is 6.68. The minimum Gasteiger partial charge on any atom is -0.454 e. The number of halogens is 2. The third-order valence-corrected chi connectivity index (χ3v) is 3.34. The molecule has 3 nitrogen and oxygen atoms in total. The van der Waals surface area contributed by atoms with E-state index in [1.54, 1.807) is 24.3 Å². The summed E-state index contributed by atoms with van der Waals surface area (Å²) >= 11 is 0. The number of hydrogen-bond acceptors (Lipinski definition) is 3. The topological polar surface area (TPSA) is 30.5 Å². The van der Waals surface area contributed by atoms with Gasteiger partial charge in [0, 0.05) is 17.7 Å². The summed E-state index contributed by atoms with van der Waals surface area (Å²) in [6.45, 7) is 0.0447. The summed E-state index contributed by atoms with van der Waals surface area (Å²) in [5, 5.41) is 2.78. The largest absolute Gasteiger partial charge is 0.454 e. The van der Waals surface area contributed by atoms with E-state index in [1.165, 1.54) is 12.1 Å². The summed E-state index contributed by atoms with van der Waals surface area (Å²) in [5.41, 5.74) is 0.823.